The van der Waals surface area contributed by atoms with Crippen LogP contribution in [0.5, 0.6) is 0 Å². The molecular formula is C22H20N2O3S. The minimum absolute atomic E-state index is 0.0543. The number of nitrogens with zero attached hydrogens (tertiary/aromatic N) is 1. The maximum Gasteiger partial charge on any atom is 0.346 e. The van der Waals surface area contributed by atoms with Crippen LogP contribution in [0.2, 0.25) is 0 Å². The Morgan fingerprint density at radius 3 is 2.50 bits per heavy atom. The van der Waals surface area contributed by atoms with Crippen molar-refractivity contribution in [2.75, 3.05) is 23.8 Å². The molecule has 6 heteroatoms. The van der Waals surface area contributed by atoms with Gasteiger partial charge in [-0.05, 0) is 54.8 Å². The van der Waals surface area contributed by atoms with Crippen molar-refractivity contribution in [2.24, 2.45) is 0 Å². The molecule has 1 aliphatic rings. The number of hydrogen-bond acceptors (Lipinski definition) is 4. The summed E-state index contributed by atoms with van der Waals surface area (Å²) >= 11 is 1.29. The van der Waals surface area contributed by atoms with Gasteiger partial charge in [-0.2, -0.15) is 0 Å². The molecular weight excluding hydrogens is 372 g/mol. The number of thiophene rings is 1. The van der Waals surface area contributed by atoms with Gasteiger partial charge in [0.15, 0.2) is 0 Å². The number of nitrogens with one attached hydrogen (secondary N) is 1. The Morgan fingerprint density at radius 1 is 1.11 bits per heavy atom. The van der Waals surface area contributed by atoms with E-state index < -0.39 is 5.97 Å². The first-order valence-electron chi connectivity index (χ1n) is 9.06. The van der Waals surface area contributed by atoms with E-state index in [0.29, 0.717) is 23.4 Å². The van der Waals surface area contributed by atoms with Crippen molar-refractivity contribution in [1.29, 1.82) is 0 Å². The highest BCUT2D eigenvalue weighted by Gasteiger charge is 2.29. The summed E-state index contributed by atoms with van der Waals surface area (Å²) in [6.45, 7) is 2.36. The number of para-hydroxylation sites is 1. The fraction of sp³-hybridized carbons (Fsp3) is 0.182. The first-order chi connectivity index (χ1) is 13.5. The van der Waals surface area contributed by atoms with Gasteiger partial charge in [-0.25, -0.2) is 4.79 Å². The van der Waals surface area contributed by atoms with Gasteiger partial charge in [-0.15, -0.1) is 11.3 Å². The second-order valence-corrected chi connectivity index (χ2v) is 7.74. The molecule has 3 aromatic rings. The third-order valence-electron chi connectivity index (χ3n) is 5.16. The monoisotopic (exact) mass is 392 g/mol. The first kappa shape index (κ1) is 18.3. The van der Waals surface area contributed by atoms with E-state index in [2.05, 4.69) is 5.32 Å². The molecule has 2 aromatic carbocycles. The molecule has 0 unspecified atom stereocenters. The Hall–Kier alpha value is -3.12. The fourth-order valence-corrected chi connectivity index (χ4v) is 4.89. The zero-order chi connectivity index (χ0) is 19.8. The maximum absolute atomic E-state index is 13.3. The molecule has 0 saturated carbocycles. The number of amides is 1. The number of carbonyl (C=O) groups is 2. The number of fused-ring (bicyclic) bond motifs is 3. The van der Waals surface area contributed by atoms with E-state index in [9.17, 15) is 14.7 Å². The summed E-state index contributed by atoms with van der Waals surface area (Å²) in [5, 5.41) is 12.6. The number of benzene rings is 2. The minimum atomic E-state index is -0.898. The van der Waals surface area contributed by atoms with Crippen molar-refractivity contribution >= 4 is 34.6 Å². The second-order valence-electron chi connectivity index (χ2n) is 6.72. The highest BCUT2D eigenvalue weighted by molar-refractivity contribution is 7.17. The van der Waals surface area contributed by atoms with Crippen LogP contribution in [0, 0.1) is 6.92 Å². The quantitative estimate of drug-likeness (QED) is 0.680. The highest BCUT2D eigenvalue weighted by Crippen LogP contribution is 2.43. The van der Waals surface area contributed by atoms with Gasteiger partial charge < -0.3 is 15.3 Å². The lowest BCUT2D eigenvalue weighted by molar-refractivity contribution is 0.0701. The topological polar surface area (TPSA) is 69.6 Å². The average Bonchev–Trinajstić information content (AvgIpc) is 2.95. The Morgan fingerprint density at radius 2 is 1.82 bits per heavy atom. The molecule has 1 aliphatic heterocycles. The lowest BCUT2D eigenvalue weighted by atomic mass is 10.0. The van der Waals surface area contributed by atoms with Crippen molar-refractivity contribution in [2.45, 2.75) is 13.3 Å². The Balaban J connectivity index is 1.80. The van der Waals surface area contributed by atoms with Gasteiger partial charge >= 0.3 is 5.97 Å². The van der Waals surface area contributed by atoms with Crippen LogP contribution in [0.1, 0.15) is 31.2 Å². The number of carboxylic acids is 1. The van der Waals surface area contributed by atoms with E-state index in [1.807, 2.05) is 62.5 Å². The number of anilines is 2. The lowest BCUT2D eigenvalue weighted by Crippen LogP contribution is -2.32. The summed E-state index contributed by atoms with van der Waals surface area (Å²) in [7, 11) is 1.84. The number of carbonyl (C=O) groups excluding carboxylic acids is 1. The van der Waals surface area contributed by atoms with Gasteiger partial charge in [0, 0.05) is 35.3 Å². The standard InChI is InChI=1S/C22H20N2O3S/c1-13-16-11-12-24(21(25)14-7-9-15(23-2)10-8-14)18-6-4-3-5-17(18)20(16)28-19(13)22(26)27/h3-10,23H,11-12H2,1-2H3,(H,26,27). The molecule has 1 amide bonds. The molecule has 4 rings (SSSR count). The summed E-state index contributed by atoms with van der Waals surface area (Å²) < 4.78 is 0. The van der Waals surface area contributed by atoms with E-state index in [1.54, 1.807) is 4.90 Å². The Labute approximate surface area is 167 Å². The molecule has 0 bridgehead atoms. The SMILES string of the molecule is CNc1ccc(C(=O)N2CCc3c(sc(C(=O)O)c3C)-c3ccccc32)cc1. The molecule has 1 aromatic heterocycles. The molecule has 0 radical (unpaired) electrons. The summed E-state index contributed by atoms with van der Waals surface area (Å²) in [6.07, 6.45) is 0.625. The highest BCUT2D eigenvalue weighted by atomic mass is 32.1. The van der Waals surface area contributed by atoms with Crippen molar-refractivity contribution in [3.8, 4) is 10.4 Å². The van der Waals surface area contributed by atoms with E-state index >= 15 is 0 Å². The summed E-state index contributed by atoms with van der Waals surface area (Å²) in [4.78, 5) is 28.0. The lowest BCUT2D eigenvalue weighted by Gasteiger charge is -2.23. The summed E-state index contributed by atoms with van der Waals surface area (Å²) in [6, 6.07) is 15.1. The zero-order valence-electron chi connectivity index (χ0n) is 15.7. The Kier molecular flexibility index (Phi) is 4.65. The number of carboxylic acid groups (broad SMARTS) is 1. The summed E-state index contributed by atoms with van der Waals surface area (Å²) in [5.74, 6) is -0.952. The van der Waals surface area contributed by atoms with E-state index in [4.69, 9.17) is 0 Å². The van der Waals surface area contributed by atoms with Gasteiger partial charge in [0.2, 0.25) is 0 Å². The van der Waals surface area contributed by atoms with Crippen molar-refractivity contribution in [1.82, 2.24) is 0 Å². The molecule has 2 heterocycles. The van der Waals surface area contributed by atoms with Gasteiger partial charge in [0.05, 0.1) is 5.69 Å². The molecule has 0 spiro atoms. The van der Waals surface area contributed by atoms with E-state index in [-0.39, 0.29) is 5.91 Å². The van der Waals surface area contributed by atoms with Crippen LogP contribution in [0.4, 0.5) is 11.4 Å². The zero-order valence-corrected chi connectivity index (χ0v) is 16.5. The van der Waals surface area contributed by atoms with Gasteiger partial charge in [-0.1, -0.05) is 18.2 Å². The average molecular weight is 392 g/mol. The molecule has 2 N–H and O–H groups in total. The second kappa shape index (κ2) is 7.13. The van der Waals surface area contributed by atoms with Crippen LogP contribution >= 0.6 is 11.3 Å². The molecule has 0 atom stereocenters. The predicted molar refractivity (Wildman–Crippen MR) is 113 cm³/mol. The normalized spacial score (nSPS) is 12.7. The largest absolute Gasteiger partial charge is 0.477 e. The number of hydrogen-bond donors (Lipinski definition) is 2. The number of rotatable bonds is 3. The van der Waals surface area contributed by atoms with Crippen LogP contribution < -0.4 is 10.2 Å². The van der Waals surface area contributed by atoms with E-state index in [1.165, 1.54) is 11.3 Å². The van der Waals surface area contributed by atoms with Crippen molar-refractivity contribution in [3.63, 3.8) is 0 Å². The molecule has 142 valence electrons. The Bertz CT molecular complexity index is 1070. The fourth-order valence-electron chi connectivity index (χ4n) is 3.66. The molecule has 0 saturated heterocycles. The maximum atomic E-state index is 13.3. The smallest absolute Gasteiger partial charge is 0.346 e. The first-order valence-corrected chi connectivity index (χ1v) is 9.87. The third-order valence-corrected chi connectivity index (χ3v) is 6.51. The molecule has 28 heavy (non-hydrogen) atoms. The summed E-state index contributed by atoms with van der Waals surface area (Å²) in [5.41, 5.74) is 5.14. The third kappa shape index (κ3) is 2.96. The van der Waals surface area contributed by atoms with Crippen molar-refractivity contribution in [3.05, 3.63) is 70.1 Å². The molecule has 5 nitrogen and oxygen atoms in total. The van der Waals surface area contributed by atoms with Crippen LogP contribution in [0.3, 0.4) is 0 Å². The minimum Gasteiger partial charge on any atom is -0.477 e. The van der Waals surface area contributed by atoms with Crippen LogP contribution in [0.25, 0.3) is 10.4 Å². The molecule has 0 fully saturated rings. The van der Waals surface area contributed by atoms with E-state index in [0.717, 1.165) is 32.9 Å². The van der Waals surface area contributed by atoms with Crippen LogP contribution in [0.15, 0.2) is 48.5 Å². The molecule has 0 aliphatic carbocycles. The van der Waals surface area contributed by atoms with Gasteiger partial charge in [0.1, 0.15) is 4.88 Å². The van der Waals surface area contributed by atoms with Crippen molar-refractivity contribution < 1.29 is 14.7 Å². The van der Waals surface area contributed by atoms with Gasteiger partial charge in [-0.3, -0.25) is 4.79 Å². The predicted octanol–water partition coefficient (Wildman–Crippen LogP) is 4.67. The number of aromatic carboxylic acids is 1. The van der Waals surface area contributed by atoms with Crippen LogP contribution in [-0.4, -0.2) is 30.6 Å². The van der Waals surface area contributed by atoms with Crippen LogP contribution in [-0.2, 0) is 6.42 Å². The van der Waals surface area contributed by atoms with Gasteiger partial charge in [0.25, 0.3) is 5.91 Å².